The molecule has 1 aliphatic heterocycles. The van der Waals surface area contributed by atoms with Crippen LogP contribution in [0.15, 0.2) is 41.3 Å². The molecule has 0 saturated carbocycles. The highest BCUT2D eigenvalue weighted by Crippen LogP contribution is 2.38. The lowest BCUT2D eigenvalue weighted by molar-refractivity contribution is -0.120. The van der Waals surface area contributed by atoms with Crippen molar-refractivity contribution in [1.82, 2.24) is 0 Å². The number of para-hydroxylation sites is 1. The minimum atomic E-state index is -1.14. The molecular weight excluding hydrogens is 409 g/mol. The number of ether oxygens (including phenoxy) is 1. The van der Waals surface area contributed by atoms with Gasteiger partial charge in [0.1, 0.15) is 0 Å². The summed E-state index contributed by atoms with van der Waals surface area (Å²) in [5, 5.41) is 9.53. The van der Waals surface area contributed by atoms with Gasteiger partial charge in [-0.1, -0.05) is 42.3 Å². The first kappa shape index (κ1) is 19.9. The molecule has 0 saturated heterocycles. The Bertz CT molecular complexity index is 867. The van der Waals surface area contributed by atoms with Gasteiger partial charge in [0.25, 0.3) is 5.91 Å². The molecule has 3 rings (SSSR count). The van der Waals surface area contributed by atoms with E-state index < -0.39 is 5.97 Å². The minimum absolute atomic E-state index is 0.0452. The van der Waals surface area contributed by atoms with E-state index >= 15 is 0 Å². The van der Waals surface area contributed by atoms with Crippen LogP contribution in [0.2, 0.25) is 10.0 Å². The van der Waals surface area contributed by atoms with Gasteiger partial charge in [0.2, 0.25) is 0 Å². The maximum atomic E-state index is 12.8. The van der Waals surface area contributed by atoms with Gasteiger partial charge in [-0.3, -0.25) is 4.79 Å². The highest BCUT2D eigenvalue weighted by molar-refractivity contribution is 8.00. The summed E-state index contributed by atoms with van der Waals surface area (Å²) in [6.45, 7) is 2.47. The average molecular weight is 426 g/mol. The molecular formula is C19H17Cl2NO4S. The highest BCUT2D eigenvalue weighted by Gasteiger charge is 2.25. The van der Waals surface area contributed by atoms with Gasteiger partial charge in [-0.15, -0.1) is 11.8 Å². The van der Waals surface area contributed by atoms with E-state index in [4.69, 9.17) is 33.0 Å². The summed E-state index contributed by atoms with van der Waals surface area (Å²) >= 11 is 13.9. The molecule has 5 nitrogen and oxygen atoms in total. The summed E-state index contributed by atoms with van der Waals surface area (Å²) in [4.78, 5) is 26.6. The second kappa shape index (κ2) is 8.42. The lowest BCUT2D eigenvalue weighted by Crippen LogP contribution is -2.36. The third-order valence-corrected chi connectivity index (χ3v) is 5.93. The molecule has 1 N–H and O–H groups in total. The number of anilines is 1. The van der Waals surface area contributed by atoms with Gasteiger partial charge in [0, 0.05) is 16.7 Å². The zero-order chi connectivity index (χ0) is 19.6. The van der Waals surface area contributed by atoms with Crippen LogP contribution < -0.4 is 9.64 Å². The molecule has 0 bridgehead atoms. The molecule has 1 amide bonds. The summed E-state index contributed by atoms with van der Waals surface area (Å²) in [6.07, 6.45) is 0.861. The number of carbonyl (C=O) groups excluding carboxylic acids is 1. The number of rotatable bonds is 4. The molecule has 2 aromatic carbocycles. The van der Waals surface area contributed by atoms with Gasteiger partial charge in [0.05, 0.1) is 21.3 Å². The van der Waals surface area contributed by atoms with Gasteiger partial charge in [-0.05, 0) is 30.7 Å². The Morgan fingerprint density at radius 2 is 1.93 bits per heavy atom. The topological polar surface area (TPSA) is 66.8 Å². The van der Waals surface area contributed by atoms with Crippen LogP contribution in [-0.4, -0.2) is 35.4 Å². The van der Waals surface area contributed by atoms with Crippen molar-refractivity contribution in [3.05, 3.63) is 52.0 Å². The highest BCUT2D eigenvalue weighted by atomic mass is 35.5. The number of benzene rings is 2. The maximum absolute atomic E-state index is 12.8. The van der Waals surface area contributed by atoms with E-state index in [1.165, 1.54) is 12.1 Å². The smallest absolute Gasteiger partial charge is 0.335 e. The Balaban J connectivity index is 1.78. The number of amides is 1. The molecule has 0 radical (unpaired) electrons. The van der Waals surface area contributed by atoms with E-state index in [1.807, 2.05) is 24.3 Å². The molecule has 2 aromatic rings. The largest absolute Gasteiger partial charge is 0.481 e. The third kappa shape index (κ3) is 4.51. The molecule has 1 atom stereocenters. The summed E-state index contributed by atoms with van der Waals surface area (Å²) in [5.74, 6) is -1.26. The molecule has 0 aliphatic carbocycles. The van der Waals surface area contributed by atoms with Crippen LogP contribution in [-0.2, 0) is 4.79 Å². The Labute approximate surface area is 171 Å². The predicted molar refractivity (Wildman–Crippen MR) is 108 cm³/mol. The molecule has 27 heavy (non-hydrogen) atoms. The lowest BCUT2D eigenvalue weighted by Gasteiger charge is -2.23. The average Bonchev–Trinajstić information content (AvgIpc) is 2.78. The molecule has 1 heterocycles. The van der Waals surface area contributed by atoms with E-state index in [0.717, 1.165) is 17.0 Å². The fourth-order valence-corrected chi connectivity index (χ4v) is 4.49. The number of carboxylic acid groups (broad SMARTS) is 1. The predicted octanol–water partition coefficient (Wildman–Crippen LogP) is 4.99. The number of carboxylic acids is 1. The van der Waals surface area contributed by atoms with Gasteiger partial charge in [-0.25, -0.2) is 4.79 Å². The van der Waals surface area contributed by atoms with Crippen LogP contribution in [0, 0.1) is 0 Å². The second-order valence-corrected chi connectivity index (χ2v) is 8.39. The molecule has 142 valence electrons. The van der Waals surface area contributed by atoms with Gasteiger partial charge < -0.3 is 14.7 Å². The number of hydrogen-bond donors (Lipinski definition) is 1. The van der Waals surface area contributed by atoms with Crippen LogP contribution in [0.25, 0.3) is 0 Å². The summed E-state index contributed by atoms with van der Waals surface area (Å²) in [5.41, 5.74) is 0.815. The first-order chi connectivity index (χ1) is 12.9. The van der Waals surface area contributed by atoms with Crippen molar-refractivity contribution in [2.75, 3.05) is 18.1 Å². The van der Waals surface area contributed by atoms with Crippen LogP contribution in [0.5, 0.6) is 5.75 Å². The molecule has 0 spiro atoms. The summed E-state index contributed by atoms with van der Waals surface area (Å²) in [6, 6.07) is 10.3. The fraction of sp³-hybridized carbons (Fsp3) is 0.263. The number of carbonyl (C=O) groups is 2. The summed E-state index contributed by atoms with van der Waals surface area (Å²) in [7, 11) is 0. The first-order valence-electron chi connectivity index (χ1n) is 8.28. The van der Waals surface area contributed by atoms with Crippen molar-refractivity contribution in [2.24, 2.45) is 0 Å². The van der Waals surface area contributed by atoms with Crippen LogP contribution in [0.3, 0.4) is 0 Å². The number of halogens is 2. The van der Waals surface area contributed by atoms with Crippen LogP contribution in [0.4, 0.5) is 5.69 Å². The second-order valence-electron chi connectivity index (χ2n) is 6.09. The lowest BCUT2D eigenvalue weighted by atomic mass is 10.2. The normalized spacial score (nSPS) is 16.4. The summed E-state index contributed by atoms with van der Waals surface area (Å²) < 4.78 is 5.55. The Hall–Kier alpha value is -1.89. The van der Waals surface area contributed by atoms with Gasteiger partial charge >= 0.3 is 5.97 Å². The monoisotopic (exact) mass is 425 g/mol. The fourth-order valence-electron chi connectivity index (χ4n) is 2.78. The zero-order valence-electron chi connectivity index (χ0n) is 14.4. The Morgan fingerprint density at radius 1 is 1.26 bits per heavy atom. The van der Waals surface area contributed by atoms with Crippen molar-refractivity contribution < 1.29 is 19.4 Å². The van der Waals surface area contributed by atoms with Gasteiger partial charge in [0.15, 0.2) is 12.4 Å². The number of thioether (sulfide) groups is 1. The number of nitrogens with zero attached hydrogens (tertiary/aromatic N) is 1. The first-order valence-corrected chi connectivity index (χ1v) is 9.91. The van der Waals surface area contributed by atoms with E-state index in [9.17, 15) is 9.59 Å². The third-order valence-electron chi connectivity index (χ3n) is 4.13. The zero-order valence-corrected chi connectivity index (χ0v) is 16.8. The molecule has 1 aliphatic rings. The van der Waals surface area contributed by atoms with Crippen molar-refractivity contribution >= 4 is 52.5 Å². The van der Waals surface area contributed by atoms with Crippen molar-refractivity contribution in [3.8, 4) is 5.75 Å². The van der Waals surface area contributed by atoms with Crippen LogP contribution in [0.1, 0.15) is 23.7 Å². The Kier molecular flexibility index (Phi) is 6.19. The van der Waals surface area contributed by atoms with Crippen molar-refractivity contribution in [1.29, 1.82) is 0 Å². The standard InChI is InChI=1S/C19H17Cl2NO4S/c1-11-6-7-22(15-4-2-3-5-16(15)27-11)17(23)10-26-18-13(20)8-12(19(24)25)9-14(18)21/h2-5,8-9,11H,6-7,10H2,1H3,(H,24,25)/t11-/m1/s1. The van der Waals surface area contributed by atoms with E-state index in [2.05, 4.69) is 6.92 Å². The molecule has 0 aromatic heterocycles. The minimum Gasteiger partial charge on any atom is -0.481 e. The van der Waals surface area contributed by atoms with Crippen molar-refractivity contribution in [2.45, 2.75) is 23.5 Å². The molecule has 0 fully saturated rings. The Morgan fingerprint density at radius 3 is 2.59 bits per heavy atom. The van der Waals surface area contributed by atoms with E-state index in [0.29, 0.717) is 11.8 Å². The molecule has 0 unspecified atom stereocenters. The van der Waals surface area contributed by atoms with Gasteiger partial charge in [-0.2, -0.15) is 0 Å². The number of fused-ring (bicyclic) bond motifs is 1. The number of aromatic carboxylic acids is 1. The quantitative estimate of drug-likeness (QED) is 0.747. The SMILES string of the molecule is C[C@@H]1CCN(C(=O)COc2c(Cl)cc(C(=O)O)cc2Cl)c2ccccc2S1. The van der Waals surface area contributed by atoms with Crippen molar-refractivity contribution in [3.63, 3.8) is 0 Å². The number of hydrogen-bond acceptors (Lipinski definition) is 4. The maximum Gasteiger partial charge on any atom is 0.335 e. The molecule has 8 heteroatoms. The van der Waals surface area contributed by atoms with E-state index in [-0.39, 0.29) is 33.9 Å². The van der Waals surface area contributed by atoms with Crippen LogP contribution >= 0.6 is 35.0 Å². The van der Waals surface area contributed by atoms with E-state index in [1.54, 1.807) is 16.7 Å².